The van der Waals surface area contributed by atoms with Crippen LogP contribution in [0.3, 0.4) is 0 Å². The summed E-state index contributed by atoms with van der Waals surface area (Å²) >= 11 is 0. The van der Waals surface area contributed by atoms with Gasteiger partial charge in [0.25, 0.3) is 0 Å². The normalized spacial score (nSPS) is 12.8. The molecule has 2 atom stereocenters. The third kappa shape index (κ3) is 6.07. The minimum absolute atomic E-state index is 0.0939. The van der Waals surface area contributed by atoms with Crippen molar-refractivity contribution >= 4 is 0 Å². The summed E-state index contributed by atoms with van der Waals surface area (Å²) in [7, 11) is 3.33. The van der Waals surface area contributed by atoms with E-state index < -0.39 is 0 Å². The highest BCUT2D eigenvalue weighted by atomic mass is 16.5. The summed E-state index contributed by atoms with van der Waals surface area (Å²) in [5.41, 5.74) is 5.23. The second-order valence-corrected chi connectivity index (χ2v) is 8.76. The average Bonchev–Trinajstić information content (AvgIpc) is 2.83. The van der Waals surface area contributed by atoms with Gasteiger partial charge in [-0.05, 0) is 43.0 Å². The van der Waals surface area contributed by atoms with Crippen molar-refractivity contribution in [3.8, 4) is 17.6 Å². The molecule has 2 unspecified atom stereocenters. The van der Waals surface area contributed by atoms with Crippen molar-refractivity contribution in [2.24, 2.45) is 0 Å². The largest absolute Gasteiger partial charge is 0.497 e. The van der Waals surface area contributed by atoms with E-state index in [0.29, 0.717) is 24.3 Å². The van der Waals surface area contributed by atoms with Gasteiger partial charge in [0.15, 0.2) is 0 Å². The van der Waals surface area contributed by atoms with Crippen molar-refractivity contribution in [2.75, 3.05) is 14.2 Å². The van der Waals surface area contributed by atoms with Gasteiger partial charge < -0.3 is 9.47 Å². The van der Waals surface area contributed by atoms with Crippen molar-refractivity contribution in [1.82, 2.24) is 15.0 Å². The molecule has 0 bridgehead atoms. The van der Waals surface area contributed by atoms with Gasteiger partial charge in [-0.25, -0.2) is 0 Å². The zero-order chi connectivity index (χ0) is 24.0. The topological polar surface area (TPSA) is 80.9 Å². The Hall–Kier alpha value is -3.46. The predicted octanol–water partition coefficient (Wildman–Crippen LogP) is 5.58. The Bertz CT molecular complexity index is 1140. The molecule has 6 nitrogen and oxygen atoms in total. The van der Waals surface area contributed by atoms with Crippen LogP contribution in [0.4, 0.5) is 0 Å². The molecular formula is C27H32N4O2. The zero-order valence-corrected chi connectivity index (χ0v) is 20.3. The first kappa shape index (κ1) is 24.2. The number of pyridine rings is 3. The molecule has 0 aliphatic carbocycles. The molecule has 0 N–H and O–H groups in total. The summed E-state index contributed by atoms with van der Waals surface area (Å²) in [4.78, 5) is 14.2. The third-order valence-corrected chi connectivity index (χ3v) is 5.75. The molecule has 0 saturated carbocycles. The Balaban J connectivity index is 1.86. The Kier molecular flexibility index (Phi) is 8.00. The molecule has 0 amide bonds. The fourth-order valence-electron chi connectivity index (χ4n) is 3.91. The number of nitriles is 1. The summed E-state index contributed by atoms with van der Waals surface area (Å²) < 4.78 is 10.9. The lowest BCUT2D eigenvalue weighted by Crippen LogP contribution is -2.09. The monoisotopic (exact) mass is 444 g/mol. The van der Waals surface area contributed by atoms with Crippen LogP contribution in [0.15, 0.2) is 42.6 Å². The first-order valence-corrected chi connectivity index (χ1v) is 11.3. The quantitative estimate of drug-likeness (QED) is 0.429. The molecule has 3 aromatic heterocycles. The van der Waals surface area contributed by atoms with Crippen LogP contribution in [0.2, 0.25) is 0 Å². The number of ether oxygens (including phenoxy) is 2. The van der Waals surface area contributed by atoms with E-state index in [-0.39, 0.29) is 11.8 Å². The first-order chi connectivity index (χ1) is 15.8. The lowest BCUT2D eigenvalue weighted by molar-refractivity contribution is 0.402. The zero-order valence-electron chi connectivity index (χ0n) is 20.3. The molecule has 3 aromatic rings. The number of nitrogens with zero attached hydrogens (tertiary/aromatic N) is 4. The lowest BCUT2D eigenvalue weighted by Gasteiger charge is -2.17. The minimum Gasteiger partial charge on any atom is -0.497 e. The highest BCUT2D eigenvalue weighted by molar-refractivity contribution is 5.36. The Morgan fingerprint density at radius 3 is 2.24 bits per heavy atom. The van der Waals surface area contributed by atoms with Crippen LogP contribution in [0.5, 0.6) is 11.5 Å². The van der Waals surface area contributed by atoms with Crippen LogP contribution in [-0.4, -0.2) is 29.2 Å². The second-order valence-electron chi connectivity index (χ2n) is 8.76. The van der Waals surface area contributed by atoms with E-state index in [1.54, 1.807) is 20.4 Å². The van der Waals surface area contributed by atoms with E-state index in [4.69, 9.17) is 19.4 Å². The minimum atomic E-state index is 0.0939. The molecule has 0 aliphatic rings. The maximum Gasteiger partial charge on any atom is 0.140 e. The van der Waals surface area contributed by atoms with Gasteiger partial charge in [0, 0.05) is 52.9 Å². The number of hydrogen-bond acceptors (Lipinski definition) is 6. The van der Waals surface area contributed by atoms with Gasteiger partial charge in [-0.3, -0.25) is 15.0 Å². The molecular weight excluding hydrogens is 412 g/mol. The molecule has 6 heteroatoms. The molecule has 3 rings (SSSR count). The number of rotatable bonds is 9. The number of methoxy groups -OCH3 is 2. The van der Waals surface area contributed by atoms with E-state index in [1.165, 1.54) is 0 Å². The predicted molar refractivity (Wildman–Crippen MR) is 129 cm³/mol. The molecule has 0 radical (unpaired) electrons. The van der Waals surface area contributed by atoms with Gasteiger partial charge in [-0.15, -0.1) is 0 Å². The van der Waals surface area contributed by atoms with Crippen LogP contribution < -0.4 is 9.47 Å². The van der Waals surface area contributed by atoms with Crippen LogP contribution >= 0.6 is 0 Å². The molecule has 0 spiro atoms. The maximum atomic E-state index is 9.62. The molecule has 33 heavy (non-hydrogen) atoms. The van der Waals surface area contributed by atoms with Crippen LogP contribution in [0.25, 0.3) is 0 Å². The van der Waals surface area contributed by atoms with Gasteiger partial charge in [-0.1, -0.05) is 27.7 Å². The summed E-state index contributed by atoms with van der Waals surface area (Å²) in [6.07, 6.45) is 3.15. The van der Waals surface area contributed by atoms with Gasteiger partial charge in [0.1, 0.15) is 11.5 Å². The average molecular weight is 445 g/mol. The summed E-state index contributed by atoms with van der Waals surface area (Å²) in [6, 6.07) is 13.8. The van der Waals surface area contributed by atoms with Gasteiger partial charge >= 0.3 is 0 Å². The Morgan fingerprint density at radius 2 is 1.58 bits per heavy atom. The SMILES string of the molecule is COc1cc(CC(C)c2cc(C#N)cc(CC(C)c3ncccc3OC)n2)nc(C(C)C)c1. The number of aromatic nitrogens is 3. The van der Waals surface area contributed by atoms with Crippen molar-refractivity contribution in [2.45, 2.75) is 58.3 Å². The van der Waals surface area contributed by atoms with E-state index in [1.807, 2.05) is 36.4 Å². The smallest absolute Gasteiger partial charge is 0.140 e. The molecule has 0 aromatic carbocycles. The van der Waals surface area contributed by atoms with E-state index >= 15 is 0 Å². The van der Waals surface area contributed by atoms with Crippen LogP contribution in [0.1, 0.15) is 79.5 Å². The van der Waals surface area contributed by atoms with Gasteiger partial charge in [-0.2, -0.15) is 5.26 Å². The van der Waals surface area contributed by atoms with Crippen LogP contribution in [-0.2, 0) is 12.8 Å². The third-order valence-electron chi connectivity index (χ3n) is 5.75. The number of hydrogen-bond donors (Lipinski definition) is 0. The molecule has 3 heterocycles. The van der Waals surface area contributed by atoms with E-state index in [0.717, 1.165) is 40.0 Å². The lowest BCUT2D eigenvalue weighted by atomic mass is 9.95. The van der Waals surface area contributed by atoms with Gasteiger partial charge in [0.05, 0.1) is 31.5 Å². The highest BCUT2D eigenvalue weighted by Gasteiger charge is 2.18. The van der Waals surface area contributed by atoms with Crippen molar-refractivity contribution in [3.05, 3.63) is 76.6 Å². The first-order valence-electron chi connectivity index (χ1n) is 11.3. The van der Waals surface area contributed by atoms with Crippen molar-refractivity contribution in [3.63, 3.8) is 0 Å². The summed E-state index contributed by atoms with van der Waals surface area (Å²) in [5.74, 6) is 2.08. The molecule has 0 aliphatic heterocycles. The summed E-state index contributed by atoms with van der Waals surface area (Å²) in [6.45, 7) is 8.46. The fraction of sp³-hybridized carbons (Fsp3) is 0.407. The maximum absolute atomic E-state index is 9.62. The van der Waals surface area contributed by atoms with Crippen molar-refractivity contribution < 1.29 is 9.47 Å². The standard InChI is InChI=1S/C27H32N4O2/c1-17(2)24-15-23(32-5)14-22(30-24)10-18(3)25-13-20(16-28)12-21(31-25)11-19(4)27-26(33-6)8-7-9-29-27/h7-9,12-15,17-19H,10-11H2,1-6H3. The van der Waals surface area contributed by atoms with E-state index in [2.05, 4.69) is 38.7 Å². The van der Waals surface area contributed by atoms with Crippen molar-refractivity contribution in [1.29, 1.82) is 5.26 Å². The van der Waals surface area contributed by atoms with E-state index in [9.17, 15) is 5.26 Å². The molecule has 0 saturated heterocycles. The Labute approximate surface area is 196 Å². The van der Waals surface area contributed by atoms with Crippen LogP contribution in [0, 0.1) is 11.3 Å². The second kappa shape index (κ2) is 10.9. The fourth-order valence-corrected chi connectivity index (χ4v) is 3.91. The summed E-state index contributed by atoms with van der Waals surface area (Å²) in [5, 5.41) is 9.62. The molecule has 172 valence electrons. The molecule has 0 fully saturated rings. The van der Waals surface area contributed by atoms with Gasteiger partial charge in [0.2, 0.25) is 0 Å². The Morgan fingerprint density at radius 1 is 0.879 bits per heavy atom. The highest BCUT2D eigenvalue weighted by Crippen LogP contribution is 2.28.